The van der Waals surface area contributed by atoms with Gasteiger partial charge in [0.15, 0.2) is 0 Å². The molecule has 6 heteroatoms. The second-order valence-corrected chi connectivity index (χ2v) is 6.06. The number of hydrogen-bond acceptors (Lipinski definition) is 3. The first-order valence-corrected chi connectivity index (χ1v) is 7.94. The predicted octanol–water partition coefficient (Wildman–Crippen LogP) is 1.30. The molecule has 2 aromatic rings. The van der Waals surface area contributed by atoms with Gasteiger partial charge >= 0.3 is 0 Å². The summed E-state index contributed by atoms with van der Waals surface area (Å²) >= 11 is 0. The lowest BCUT2D eigenvalue weighted by atomic mass is 10.1. The van der Waals surface area contributed by atoms with Crippen molar-refractivity contribution in [3.05, 3.63) is 51.9 Å². The van der Waals surface area contributed by atoms with Crippen LogP contribution in [0.1, 0.15) is 28.9 Å². The van der Waals surface area contributed by atoms with Crippen LogP contribution in [0.5, 0.6) is 0 Å². The summed E-state index contributed by atoms with van der Waals surface area (Å²) in [6.07, 6.45) is 2.04. The van der Waals surface area contributed by atoms with Crippen LogP contribution in [0.15, 0.2) is 35.1 Å². The molecule has 0 aliphatic carbocycles. The number of benzene rings is 1. The van der Waals surface area contributed by atoms with Gasteiger partial charge in [-0.15, -0.1) is 0 Å². The molecule has 3 rings (SSSR count). The molecule has 2 N–H and O–H groups in total. The minimum absolute atomic E-state index is 0.118. The van der Waals surface area contributed by atoms with Crippen molar-refractivity contribution in [2.75, 3.05) is 20.1 Å². The van der Waals surface area contributed by atoms with Crippen molar-refractivity contribution >= 4 is 5.91 Å². The zero-order valence-electron chi connectivity index (χ0n) is 13.5. The van der Waals surface area contributed by atoms with Crippen molar-refractivity contribution < 1.29 is 4.79 Å². The quantitative estimate of drug-likeness (QED) is 0.897. The summed E-state index contributed by atoms with van der Waals surface area (Å²) in [6, 6.07) is 9.29. The van der Waals surface area contributed by atoms with Gasteiger partial charge in [-0.1, -0.05) is 17.7 Å². The number of aryl methyl sites for hydroxylation is 1. The van der Waals surface area contributed by atoms with Gasteiger partial charge in [0.05, 0.1) is 5.69 Å². The molecule has 1 fully saturated rings. The van der Waals surface area contributed by atoms with Gasteiger partial charge in [-0.3, -0.25) is 14.7 Å². The van der Waals surface area contributed by atoms with E-state index in [0.29, 0.717) is 18.3 Å². The fourth-order valence-corrected chi connectivity index (χ4v) is 2.96. The van der Waals surface area contributed by atoms with E-state index >= 15 is 0 Å². The Morgan fingerprint density at radius 3 is 2.74 bits per heavy atom. The fourth-order valence-electron chi connectivity index (χ4n) is 2.96. The third kappa shape index (κ3) is 3.22. The molecular weight excluding hydrogens is 292 g/mol. The Hall–Kier alpha value is -2.34. The molecule has 1 aromatic heterocycles. The molecule has 0 radical (unpaired) electrons. The van der Waals surface area contributed by atoms with Crippen molar-refractivity contribution in [2.24, 2.45) is 0 Å². The summed E-state index contributed by atoms with van der Waals surface area (Å²) in [5.74, 6) is -0.118. The molecule has 0 spiro atoms. The van der Waals surface area contributed by atoms with Crippen LogP contribution in [0, 0.1) is 6.92 Å². The van der Waals surface area contributed by atoms with Crippen molar-refractivity contribution in [3.8, 4) is 5.69 Å². The molecule has 0 bridgehead atoms. The van der Waals surface area contributed by atoms with Crippen LogP contribution in [0.25, 0.3) is 5.69 Å². The number of likely N-dealkylation sites (tertiary alicyclic amines) is 1. The average molecular weight is 314 g/mol. The summed E-state index contributed by atoms with van der Waals surface area (Å²) in [5, 5.41) is 6.16. The van der Waals surface area contributed by atoms with Crippen LogP contribution in [-0.2, 0) is 0 Å². The van der Waals surface area contributed by atoms with Gasteiger partial charge in [-0.05, 0) is 38.9 Å². The van der Waals surface area contributed by atoms with Gasteiger partial charge in [0, 0.05) is 25.2 Å². The third-order valence-electron chi connectivity index (χ3n) is 4.36. The number of hydrogen-bond donors (Lipinski definition) is 2. The number of rotatable bonds is 3. The first kappa shape index (κ1) is 15.6. The summed E-state index contributed by atoms with van der Waals surface area (Å²) in [5.41, 5.74) is 1.97. The second kappa shape index (κ2) is 6.42. The zero-order valence-corrected chi connectivity index (χ0v) is 13.5. The number of carbonyl (C=O) groups is 1. The van der Waals surface area contributed by atoms with Gasteiger partial charge in [0.2, 0.25) is 0 Å². The smallest absolute Gasteiger partial charge is 0.272 e. The second-order valence-electron chi connectivity index (χ2n) is 6.06. The topological polar surface area (TPSA) is 70.1 Å². The van der Waals surface area contributed by atoms with E-state index in [9.17, 15) is 9.59 Å². The average Bonchev–Trinajstić information content (AvgIpc) is 2.97. The molecule has 23 heavy (non-hydrogen) atoms. The number of nitrogens with one attached hydrogen (secondary N) is 2. The zero-order chi connectivity index (χ0) is 16.4. The van der Waals surface area contributed by atoms with E-state index in [-0.39, 0.29) is 11.5 Å². The predicted molar refractivity (Wildman–Crippen MR) is 89.1 cm³/mol. The normalized spacial score (nSPS) is 18.2. The van der Waals surface area contributed by atoms with E-state index < -0.39 is 0 Å². The van der Waals surface area contributed by atoms with Gasteiger partial charge in [0.1, 0.15) is 5.69 Å². The largest absolute Gasteiger partial charge is 0.336 e. The van der Waals surface area contributed by atoms with Gasteiger partial charge in [0.25, 0.3) is 11.5 Å². The Morgan fingerprint density at radius 1 is 1.30 bits per heavy atom. The molecule has 1 unspecified atom stereocenters. The summed E-state index contributed by atoms with van der Waals surface area (Å²) < 4.78 is 1.41. The molecule has 1 aliphatic rings. The maximum atomic E-state index is 12.6. The van der Waals surface area contributed by atoms with E-state index in [0.717, 1.165) is 30.6 Å². The Kier molecular flexibility index (Phi) is 4.34. The molecule has 1 saturated heterocycles. The van der Waals surface area contributed by atoms with Crippen LogP contribution in [-0.4, -0.2) is 46.8 Å². The van der Waals surface area contributed by atoms with E-state index in [1.54, 1.807) is 4.90 Å². The van der Waals surface area contributed by atoms with Crippen molar-refractivity contribution in [3.63, 3.8) is 0 Å². The van der Waals surface area contributed by atoms with Gasteiger partial charge in [-0.25, -0.2) is 4.68 Å². The molecule has 0 saturated carbocycles. The standard InChI is InChI=1S/C17H22N4O2/c1-12-5-7-14(8-6-12)21-16(22)10-15(19-21)17(23)20-9-3-4-13(11-20)18-2/h5-8,10,13,18-19H,3-4,9,11H2,1-2H3. The van der Waals surface area contributed by atoms with Crippen molar-refractivity contribution in [1.29, 1.82) is 0 Å². The number of nitrogens with zero attached hydrogens (tertiary/aromatic N) is 2. The number of likely N-dealkylation sites (N-methyl/N-ethyl adjacent to an activating group) is 1. The Bertz CT molecular complexity index is 745. The third-order valence-corrected chi connectivity index (χ3v) is 4.36. The van der Waals surface area contributed by atoms with Crippen molar-refractivity contribution in [1.82, 2.24) is 20.0 Å². The molecule has 1 aliphatic heterocycles. The lowest BCUT2D eigenvalue weighted by Gasteiger charge is -2.32. The minimum Gasteiger partial charge on any atom is -0.336 e. The molecule has 1 aromatic carbocycles. The van der Waals surface area contributed by atoms with E-state index in [4.69, 9.17) is 0 Å². The van der Waals surface area contributed by atoms with Crippen molar-refractivity contribution in [2.45, 2.75) is 25.8 Å². The summed E-state index contributed by atoms with van der Waals surface area (Å²) in [6.45, 7) is 3.40. The molecular formula is C17H22N4O2. The number of carbonyl (C=O) groups excluding carboxylic acids is 1. The summed E-state index contributed by atoms with van der Waals surface area (Å²) in [7, 11) is 1.91. The molecule has 6 nitrogen and oxygen atoms in total. The van der Waals surface area contributed by atoms with Crippen LogP contribution >= 0.6 is 0 Å². The number of piperidine rings is 1. The summed E-state index contributed by atoms with van der Waals surface area (Å²) in [4.78, 5) is 26.6. The SMILES string of the molecule is CNC1CCCN(C(=O)c2cc(=O)n(-c3ccc(C)cc3)[nH]2)C1. The highest BCUT2D eigenvalue weighted by Crippen LogP contribution is 2.13. The first-order valence-electron chi connectivity index (χ1n) is 7.94. The maximum Gasteiger partial charge on any atom is 0.272 e. The molecule has 2 heterocycles. The lowest BCUT2D eigenvalue weighted by Crippen LogP contribution is -2.47. The Morgan fingerprint density at radius 2 is 2.04 bits per heavy atom. The van der Waals surface area contributed by atoms with E-state index in [1.807, 2.05) is 38.2 Å². The lowest BCUT2D eigenvalue weighted by molar-refractivity contribution is 0.0691. The number of amides is 1. The molecule has 122 valence electrons. The highest BCUT2D eigenvalue weighted by molar-refractivity contribution is 5.92. The molecule has 1 amide bonds. The Labute approximate surface area is 135 Å². The van der Waals surface area contributed by atoms with Gasteiger partial charge in [-0.2, -0.15) is 0 Å². The Balaban J connectivity index is 1.84. The highest BCUT2D eigenvalue weighted by Gasteiger charge is 2.25. The minimum atomic E-state index is -0.223. The number of aromatic nitrogens is 2. The van der Waals surface area contributed by atoms with Gasteiger partial charge < -0.3 is 10.2 Å². The maximum absolute atomic E-state index is 12.6. The van der Waals surface area contributed by atoms with Crippen LogP contribution in [0.4, 0.5) is 0 Å². The monoisotopic (exact) mass is 314 g/mol. The van der Waals surface area contributed by atoms with E-state index in [1.165, 1.54) is 10.7 Å². The fraction of sp³-hybridized carbons (Fsp3) is 0.412. The number of aromatic amines is 1. The first-order chi connectivity index (χ1) is 11.1. The number of H-pyrrole nitrogens is 1. The van der Waals surface area contributed by atoms with Crippen LogP contribution in [0.3, 0.4) is 0 Å². The molecule has 1 atom stereocenters. The van der Waals surface area contributed by atoms with Crippen LogP contribution < -0.4 is 10.9 Å². The highest BCUT2D eigenvalue weighted by atomic mass is 16.2. The van der Waals surface area contributed by atoms with E-state index in [2.05, 4.69) is 10.4 Å². The van der Waals surface area contributed by atoms with Crippen LogP contribution in [0.2, 0.25) is 0 Å².